The molecule has 8 heteroatoms. The van der Waals surface area contributed by atoms with Crippen LogP contribution in [0.15, 0.2) is 23.8 Å². The van der Waals surface area contributed by atoms with Gasteiger partial charge in [0.25, 0.3) is 0 Å². The first-order chi connectivity index (χ1) is 10.8. The summed E-state index contributed by atoms with van der Waals surface area (Å²) in [6.07, 6.45) is 3.11. The van der Waals surface area contributed by atoms with Gasteiger partial charge in [0.1, 0.15) is 17.4 Å². The van der Waals surface area contributed by atoms with Gasteiger partial charge in [-0.2, -0.15) is 5.26 Å². The lowest BCUT2D eigenvalue weighted by Gasteiger charge is -2.31. The number of nitrogens with one attached hydrogen (secondary N) is 1. The molecular weight excluding hydrogens is 300 g/mol. The Balaban J connectivity index is 1.55. The van der Waals surface area contributed by atoms with E-state index in [-0.39, 0.29) is 11.8 Å². The number of hydrogen-bond donors (Lipinski definition) is 1. The van der Waals surface area contributed by atoms with Crippen LogP contribution in [0.2, 0.25) is 0 Å². The van der Waals surface area contributed by atoms with Crippen LogP contribution in [0.25, 0.3) is 0 Å². The van der Waals surface area contributed by atoms with Gasteiger partial charge >= 0.3 is 0 Å². The molecule has 0 aliphatic carbocycles. The van der Waals surface area contributed by atoms with E-state index in [0.717, 1.165) is 31.7 Å². The van der Waals surface area contributed by atoms with Crippen molar-refractivity contribution < 1.29 is 4.79 Å². The Morgan fingerprint density at radius 3 is 2.82 bits per heavy atom. The van der Waals surface area contributed by atoms with E-state index in [0.29, 0.717) is 10.7 Å². The quantitative estimate of drug-likeness (QED) is 0.926. The van der Waals surface area contributed by atoms with Crippen molar-refractivity contribution in [3.8, 4) is 6.07 Å². The first kappa shape index (κ1) is 14.4. The second kappa shape index (κ2) is 6.49. The third-order valence-corrected chi connectivity index (χ3v) is 4.26. The van der Waals surface area contributed by atoms with Crippen molar-refractivity contribution in [1.29, 1.82) is 5.26 Å². The highest BCUT2D eigenvalue weighted by Crippen LogP contribution is 2.23. The standard InChI is InChI=1S/C14H14N6OS/c15-7-10-1-2-12(16-8-10)20-5-3-11(4-6-20)13(21)18-14-19-17-9-22-14/h1-2,8-9,11H,3-6H2,(H,18,19,21). The Morgan fingerprint density at radius 1 is 1.41 bits per heavy atom. The van der Waals surface area contributed by atoms with E-state index < -0.39 is 0 Å². The zero-order valence-electron chi connectivity index (χ0n) is 11.8. The summed E-state index contributed by atoms with van der Waals surface area (Å²) in [6.45, 7) is 1.54. The van der Waals surface area contributed by atoms with Crippen LogP contribution in [0.3, 0.4) is 0 Å². The smallest absolute Gasteiger partial charge is 0.229 e. The number of aromatic nitrogens is 3. The molecule has 2 aromatic rings. The largest absolute Gasteiger partial charge is 0.357 e. The maximum atomic E-state index is 12.1. The summed E-state index contributed by atoms with van der Waals surface area (Å²) in [5.74, 6) is 0.838. The maximum absolute atomic E-state index is 12.1. The fourth-order valence-electron chi connectivity index (χ4n) is 2.45. The minimum Gasteiger partial charge on any atom is -0.357 e. The van der Waals surface area contributed by atoms with Crippen molar-refractivity contribution >= 4 is 28.2 Å². The van der Waals surface area contributed by atoms with Crippen LogP contribution in [0.1, 0.15) is 18.4 Å². The number of rotatable bonds is 3. The lowest BCUT2D eigenvalue weighted by Crippen LogP contribution is -2.38. The molecule has 2 aromatic heterocycles. The fraction of sp³-hybridized carbons (Fsp3) is 0.357. The lowest BCUT2D eigenvalue weighted by atomic mass is 9.96. The lowest BCUT2D eigenvalue weighted by molar-refractivity contribution is -0.120. The van der Waals surface area contributed by atoms with E-state index in [9.17, 15) is 4.79 Å². The summed E-state index contributed by atoms with van der Waals surface area (Å²) in [6, 6.07) is 5.66. The summed E-state index contributed by atoms with van der Waals surface area (Å²) in [4.78, 5) is 18.6. The Hall–Kier alpha value is -2.53. The molecule has 1 fully saturated rings. The average molecular weight is 314 g/mol. The highest BCUT2D eigenvalue weighted by Gasteiger charge is 2.26. The van der Waals surface area contributed by atoms with Crippen LogP contribution >= 0.6 is 11.3 Å². The monoisotopic (exact) mass is 314 g/mol. The molecule has 0 spiro atoms. The molecule has 0 radical (unpaired) electrons. The predicted molar refractivity (Wildman–Crippen MR) is 82.4 cm³/mol. The molecule has 1 saturated heterocycles. The molecule has 0 unspecified atom stereocenters. The van der Waals surface area contributed by atoms with Gasteiger partial charge in [0.05, 0.1) is 5.56 Å². The third kappa shape index (κ3) is 3.20. The van der Waals surface area contributed by atoms with E-state index >= 15 is 0 Å². The summed E-state index contributed by atoms with van der Waals surface area (Å²) in [5, 5.41) is 19.6. The second-order valence-electron chi connectivity index (χ2n) is 5.01. The molecular formula is C14H14N6OS. The molecule has 3 rings (SSSR count). The molecule has 0 aromatic carbocycles. The van der Waals surface area contributed by atoms with Gasteiger partial charge in [-0.1, -0.05) is 11.3 Å². The van der Waals surface area contributed by atoms with E-state index in [4.69, 9.17) is 5.26 Å². The van der Waals surface area contributed by atoms with Gasteiger partial charge in [0, 0.05) is 25.2 Å². The van der Waals surface area contributed by atoms with Gasteiger partial charge in [-0.25, -0.2) is 4.98 Å². The molecule has 3 heterocycles. The average Bonchev–Trinajstić information content (AvgIpc) is 3.08. The van der Waals surface area contributed by atoms with Gasteiger partial charge in [0.2, 0.25) is 11.0 Å². The van der Waals surface area contributed by atoms with Crippen molar-refractivity contribution in [1.82, 2.24) is 15.2 Å². The minimum absolute atomic E-state index is 0.00388. The minimum atomic E-state index is -0.0152. The van der Waals surface area contributed by atoms with Crippen LogP contribution in [-0.2, 0) is 4.79 Å². The highest BCUT2D eigenvalue weighted by atomic mass is 32.1. The SMILES string of the molecule is N#Cc1ccc(N2CCC(C(=O)Nc3nncs3)CC2)nc1. The summed E-state index contributed by atoms with van der Waals surface area (Å²) >= 11 is 1.32. The molecule has 0 atom stereocenters. The van der Waals surface area contributed by atoms with Gasteiger partial charge in [-0.15, -0.1) is 10.2 Å². The van der Waals surface area contributed by atoms with Gasteiger partial charge in [-0.3, -0.25) is 4.79 Å². The highest BCUT2D eigenvalue weighted by molar-refractivity contribution is 7.13. The Morgan fingerprint density at radius 2 is 2.23 bits per heavy atom. The van der Waals surface area contributed by atoms with E-state index in [1.54, 1.807) is 17.8 Å². The van der Waals surface area contributed by atoms with Crippen LogP contribution in [0.4, 0.5) is 10.9 Å². The van der Waals surface area contributed by atoms with E-state index in [1.165, 1.54) is 11.3 Å². The molecule has 0 saturated carbocycles. The molecule has 112 valence electrons. The number of amides is 1. The number of pyridine rings is 1. The van der Waals surface area contributed by atoms with Crippen LogP contribution in [-0.4, -0.2) is 34.2 Å². The number of nitriles is 1. The number of anilines is 2. The molecule has 0 bridgehead atoms. The number of carbonyl (C=O) groups excluding carboxylic acids is 1. The van der Waals surface area contributed by atoms with Crippen molar-refractivity contribution in [2.24, 2.45) is 5.92 Å². The van der Waals surface area contributed by atoms with Crippen LogP contribution in [0.5, 0.6) is 0 Å². The van der Waals surface area contributed by atoms with Crippen molar-refractivity contribution in [2.45, 2.75) is 12.8 Å². The van der Waals surface area contributed by atoms with Gasteiger partial charge in [0.15, 0.2) is 0 Å². The molecule has 7 nitrogen and oxygen atoms in total. The van der Waals surface area contributed by atoms with Crippen LogP contribution in [0, 0.1) is 17.2 Å². The first-order valence-electron chi connectivity index (χ1n) is 6.94. The van der Waals surface area contributed by atoms with Crippen molar-refractivity contribution in [2.75, 3.05) is 23.3 Å². The Kier molecular flexibility index (Phi) is 4.25. The predicted octanol–water partition coefficient (Wildman–Crippen LogP) is 1.66. The maximum Gasteiger partial charge on any atom is 0.229 e. The van der Waals surface area contributed by atoms with Gasteiger partial charge < -0.3 is 10.2 Å². The molecule has 22 heavy (non-hydrogen) atoms. The normalized spacial score (nSPS) is 15.3. The Bertz CT molecular complexity index is 670. The number of piperidine rings is 1. The van der Waals surface area contributed by atoms with Gasteiger partial charge in [-0.05, 0) is 25.0 Å². The van der Waals surface area contributed by atoms with Crippen LogP contribution < -0.4 is 10.2 Å². The second-order valence-corrected chi connectivity index (χ2v) is 5.84. The number of nitrogens with zero attached hydrogens (tertiary/aromatic N) is 5. The Labute approximate surface area is 131 Å². The zero-order chi connectivity index (χ0) is 15.4. The zero-order valence-corrected chi connectivity index (χ0v) is 12.6. The molecule has 1 amide bonds. The molecule has 1 N–H and O–H groups in total. The van der Waals surface area contributed by atoms with Crippen molar-refractivity contribution in [3.05, 3.63) is 29.4 Å². The number of hydrogen-bond acceptors (Lipinski definition) is 7. The topological polar surface area (TPSA) is 94.8 Å². The summed E-state index contributed by atoms with van der Waals surface area (Å²) < 4.78 is 0. The molecule has 1 aliphatic rings. The number of carbonyl (C=O) groups is 1. The third-order valence-electron chi connectivity index (χ3n) is 3.66. The van der Waals surface area contributed by atoms with Crippen molar-refractivity contribution in [3.63, 3.8) is 0 Å². The van der Waals surface area contributed by atoms with E-state index in [2.05, 4.69) is 31.5 Å². The summed E-state index contributed by atoms with van der Waals surface area (Å²) in [5.41, 5.74) is 2.14. The van der Waals surface area contributed by atoms with E-state index in [1.807, 2.05) is 6.07 Å². The first-order valence-corrected chi connectivity index (χ1v) is 7.82. The fourth-order valence-corrected chi connectivity index (χ4v) is 2.89. The summed E-state index contributed by atoms with van der Waals surface area (Å²) in [7, 11) is 0. The molecule has 1 aliphatic heterocycles.